The van der Waals surface area contributed by atoms with Gasteiger partial charge < -0.3 is 10.2 Å². The predicted octanol–water partition coefficient (Wildman–Crippen LogP) is 2.18. The first-order valence-corrected chi connectivity index (χ1v) is 9.84. The van der Waals surface area contributed by atoms with Crippen LogP contribution >= 0.6 is 0 Å². The molecule has 0 bridgehead atoms. The Morgan fingerprint density at radius 2 is 1.70 bits per heavy atom. The number of sulfonamides is 1. The number of carbonyl (C=O) groups is 1. The van der Waals surface area contributed by atoms with Gasteiger partial charge in [0.1, 0.15) is 16.5 Å². The van der Waals surface area contributed by atoms with Gasteiger partial charge in [0.25, 0.3) is 0 Å². The molecule has 0 spiro atoms. The van der Waals surface area contributed by atoms with E-state index in [1.807, 2.05) is 0 Å². The number of rotatable bonds is 4. The number of nitrogens with one attached hydrogen (secondary N) is 1. The molecule has 0 atom stereocenters. The van der Waals surface area contributed by atoms with E-state index in [9.17, 15) is 22.0 Å². The molecule has 1 fully saturated rings. The Bertz CT molecular complexity index is 929. The number of hydrogen-bond acceptors (Lipinski definition) is 3. The van der Waals surface area contributed by atoms with Crippen molar-refractivity contribution in [1.29, 1.82) is 0 Å². The second kappa shape index (κ2) is 8.01. The SMILES string of the molecule is O=C(NCc1cccc(F)c1)N1CCN(S(=O)(=O)c2ccccc2F)CC1. The average Bonchev–Trinajstić information content (AvgIpc) is 2.66. The number of piperazine rings is 1. The predicted molar refractivity (Wildman–Crippen MR) is 95.4 cm³/mol. The van der Waals surface area contributed by atoms with Crippen LogP contribution in [-0.2, 0) is 16.6 Å². The molecule has 1 N–H and O–H groups in total. The van der Waals surface area contributed by atoms with Crippen molar-refractivity contribution >= 4 is 16.1 Å². The largest absolute Gasteiger partial charge is 0.334 e. The van der Waals surface area contributed by atoms with Crippen LogP contribution in [0.2, 0.25) is 0 Å². The van der Waals surface area contributed by atoms with Crippen molar-refractivity contribution in [1.82, 2.24) is 14.5 Å². The van der Waals surface area contributed by atoms with E-state index in [4.69, 9.17) is 0 Å². The zero-order chi connectivity index (χ0) is 19.4. The van der Waals surface area contributed by atoms with Crippen molar-refractivity contribution in [3.63, 3.8) is 0 Å². The van der Waals surface area contributed by atoms with E-state index in [0.717, 1.165) is 6.07 Å². The number of hydrogen-bond donors (Lipinski definition) is 1. The lowest BCUT2D eigenvalue weighted by Gasteiger charge is -2.34. The minimum Gasteiger partial charge on any atom is -0.334 e. The van der Waals surface area contributed by atoms with E-state index in [2.05, 4.69) is 5.32 Å². The lowest BCUT2D eigenvalue weighted by molar-refractivity contribution is 0.172. The third-order valence-electron chi connectivity index (χ3n) is 4.31. The van der Waals surface area contributed by atoms with Crippen LogP contribution in [0.25, 0.3) is 0 Å². The first-order valence-electron chi connectivity index (χ1n) is 8.40. The molecule has 9 heteroatoms. The lowest BCUT2D eigenvalue weighted by Crippen LogP contribution is -2.53. The third-order valence-corrected chi connectivity index (χ3v) is 6.24. The summed E-state index contributed by atoms with van der Waals surface area (Å²) in [4.78, 5) is 13.3. The Morgan fingerprint density at radius 1 is 1.00 bits per heavy atom. The van der Waals surface area contributed by atoms with E-state index < -0.39 is 15.8 Å². The van der Waals surface area contributed by atoms with Gasteiger partial charge >= 0.3 is 6.03 Å². The Balaban J connectivity index is 1.57. The van der Waals surface area contributed by atoms with Gasteiger partial charge in [0.15, 0.2) is 0 Å². The fraction of sp³-hybridized carbons (Fsp3) is 0.278. The number of nitrogens with zero attached hydrogens (tertiary/aromatic N) is 2. The molecular weight excluding hydrogens is 376 g/mol. The van der Waals surface area contributed by atoms with E-state index in [1.165, 1.54) is 39.5 Å². The molecule has 27 heavy (non-hydrogen) atoms. The molecule has 0 unspecified atom stereocenters. The van der Waals surface area contributed by atoms with Crippen LogP contribution < -0.4 is 5.32 Å². The van der Waals surface area contributed by atoms with Gasteiger partial charge in [-0.1, -0.05) is 24.3 Å². The van der Waals surface area contributed by atoms with E-state index in [0.29, 0.717) is 5.56 Å². The Morgan fingerprint density at radius 3 is 2.37 bits per heavy atom. The van der Waals surface area contributed by atoms with Crippen LogP contribution in [0.5, 0.6) is 0 Å². The van der Waals surface area contributed by atoms with Gasteiger partial charge in [-0.05, 0) is 29.8 Å². The molecule has 2 amide bonds. The van der Waals surface area contributed by atoms with Crippen LogP contribution in [0.3, 0.4) is 0 Å². The quantitative estimate of drug-likeness (QED) is 0.863. The molecule has 2 aromatic rings. The number of urea groups is 1. The molecule has 6 nitrogen and oxygen atoms in total. The van der Waals surface area contributed by atoms with Crippen molar-refractivity contribution in [2.24, 2.45) is 0 Å². The lowest BCUT2D eigenvalue weighted by atomic mass is 10.2. The zero-order valence-corrected chi connectivity index (χ0v) is 15.3. The van der Waals surface area contributed by atoms with Crippen molar-refractivity contribution in [3.05, 3.63) is 65.7 Å². The van der Waals surface area contributed by atoms with E-state index >= 15 is 0 Å². The van der Waals surface area contributed by atoms with Crippen molar-refractivity contribution in [2.45, 2.75) is 11.4 Å². The highest BCUT2D eigenvalue weighted by molar-refractivity contribution is 7.89. The first-order chi connectivity index (χ1) is 12.9. The summed E-state index contributed by atoms with van der Waals surface area (Å²) in [6.07, 6.45) is 0. The first kappa shape index (κ1) is 19.2. The molecule has 0 saturated carbocycles. The highest BCUT2D eigenvalue weighted by atomic mass is 32.2. The molecule has 1 heterocycles. The van der Waals surface area contributed by atoms with Crippen LogP contribution in [0, 0.1) is 11.6 Å². The van der Waals surface area contributed by atoms with E-state index in [1.54, 1.807) is 12.1 Å². The summed E-state index contributed by atoms with van der Waals surface area (Å²) in [5.74, 6) is -1.18. The monoisotopic (exact) mass is 395 g/mol. The molecule has 0 radical (unpaired) electrons. The van der Waals surface area contributed by atoms with Gasteiger partial charge in [-0.3, -0.25) is 0 Å². The number of amides is 2. The van der Waals surface area contributed by atoms with Gasteiger partial charge in [-0.15, -0.1) is 0 Å². The fourth-order valence-corrected chi connectivity index (χ4v) is 4.35. The maximum atomic E-state index is 13.8. The van der Waals surface area contributed by atoms with Gasteiger partial charge in [-0.25, -0.2) is 22.0 Å². The molecule has 0 aromatic heterocycles. The molecule has 1 aliphatic heterocycles. The van der Waals surface area contributed by atoms with Crippen molar-refractivity contribution < 1.29 is 22.0 Å². The maximum absolute atomic E-state index is 13.8. The summed E-state index contributed by atoms with van der Waals surface area (Å²) in [6, 6.07) is 10.8. The van der Waals surface area contributed by atoms with E-state index in [-0.39, 0.29) is 49.5 Å². The molecule has 1 saturated heterocycles. The van der Waals surface area contributed by atoms with Crippen LogP contribution in [0.15, 0.2) is 53.4 Å². The van der Waals surface area contributed by atoms with Gasteiger partial charge in [0.05, 0.1) is 0 Å². The molecule has 2 aromatic carbocycles. The molecule has 1 aliphatic rings. The summed E-state index contributed by atoms with van der Waals surface area (Å²) in [7, 11) is -3.94. The summed E-state index contributed by atoms with van der Waals surface area (Å²) in [6.45, 7) is 0.684. The molecule has 3 rings (SSSR count). The van der Waals surface area contributed by atoms with Crippen molar-refractivity contribution in [2.75, 3.05) is 26.2 Å². The summed E-state index contributed by atoms with van der Waals surface area (Å²) in [5, 5.41) is 2.68. The minimum atomic E-state index is -3.94. The van der Waals surface area contributed by atoms with Crippen LogP contribution in [-0.4, -0.2) is 49.8 Å². The van der Waals surface area contributed by atoms with Gasteiger partial charge in [0, 0.05) is 32.7 Å². The second-order valence-electron chi connectivity index (χ2n) is 6.11. The average molecular weight is 395 g/mol. The number of carbonyl (C=O) groups excluding carboxylic acids is 1. The molecule has 144 valence electrons. The van der Waals surface area contributed by atoms with Crippen LogP contribution in [0.1, 0.15) is 5.56 Å². The molecular formula is C18H19F2N3O3S. The maximum Gasteiger partial charge on any atom is 0.317 e. The van der Waals surface area contributed by atoms with Gasteiger partial charge in [0.2, 0.25) is 10.0 Å². The summed E-state index contributed by atoms with van der Waals surface area (Å²) < 4.78 is 53.3. The summed E-state index contributed by atoms with van der Waals surface area (Å²) in [5.41, 5.74) is 0.629. The fourth-order valence-electron chi connectivity index (χ4n) is 2.86. The Kier molecular flexibility index (Phi) is 5.71. The number of benzene rings is 2. The zero-order valence-electron chi connectivity index (χ0n) is 14.4. The Hall–Kier alpha value is -2.52. The highest BCUT2D eigenvalue weighted by Gasteiger charge is 2.31. The minimum absolute atomic E-state index is 0.0735. The topological polar surface area (TPSA) is 69.7 Å². The van der Waals surface area contributed by atoms with Crippen LogP contribution in [0.4, 0.5) is 13.6 Å². The smallest absolute Gasteiger partial charge is 0.317 e. The number of halogens is 2. The highest BCUT2D eigenvalue weighted by Crippen LogP contribution is 2.20. The van der Waals surface area contributed by atoms with Gasteiger partial charge in [-0.2, -0.15) is 4.31 Å². The second-order valence-corrected chi connectivity index (χ2v) is 8.02. The Labute approximate surface area is 156 Å². The summed E-state index contributed by atoms with van der Waals surface area (Å²) >= 11 is 0. The molecule has 0 aliphatic carbocycles. The normalized spacial score (nSPS) is 15.6. The standard InChI is InChI=1S/C18H19F2N3O3S/c19-15-5-3-4-14(12-15)13-21-18(24)22-8-10-23(11-9-22)27(25,26)17-7-2-1-6-16(17)20/h1-7,12H,8-11,13H2,(H,21,24). The third kappa shape index (κ3) is 4.42. The van der Waals surface area contributed by atoms with Crippen molar-refractivity contribution in [3.8, 4) is 0 Å².